The second-order valence-electron chi connectivity index (χ2n) is 2.15. The number of hydrogen-bond acceptors (Lipinski definition) is 2. The summed E-state index contributed by atoms with van der Waals surface area (Å²) in [6.45, 7) is 0. The van der Waals surface area contributed by atoms with E-state index >= 15 is 0 Å². The van der Waals surface area contributed by atoms with Crippen molar-refractivity contribution in [2.24, 2.45) is 0 Å². The number of rotatable bonds is 2. The van der Waals surface area contributed by atoms with Crippen molar-refractivity contribution in [3.8, 4) is 11.5 Å². The number of hydrogen-bond donors (Lipinski definition) is 0. The van der Waals surface area contributed by atoms with Gasteiger partial charge >= 0.3 is 0 Å². The molecule has 1 aromatic rings. The molecular formula is C9H13ClO2PPd-. The zero-order valence-corrected chi connectivity index (χ0v) is 11.5. The standard InChI is InChI=1S/C8H11O2P.CH2Cl.Pd/c1-9-6-3-7(10-2)5-8(11)4-6;1-2;/h3-5H,11H2,1-2H3;1H2;/q;-1;. The van der Waals surface area contributed by atoms with Crippen LogP contribution in [0.3, 0.4) is 0 Å². The minimum Gasteiger partial charge on any atom is -0.497 e. The largest absolute Gasteiger partial charge is 0.497 e. The van der Waals surface area contributed by atoms with Gasteiger partial charge in [-0.1, -0.05) is 0 Å². The van der Waals surface area contributed by atoms with Crippen molar-refractivity contribution in [3.63, 3.8) is 0 Å². The molecule has 2 nitrogen and oxygen atoms in total. The number of methoxy groups -OCH3 is 2. The molecule has 0 bridgehead atoms. The second-order valence-corrected chi connectivity index (χ2v) is 2.81. The Hall–Kier alpha value is 0.202. The van der Waals surface area contributed by atoms with Gasteiger partial charge in [0.1, 0.15) is 11.5 Å². The molecule has 1 rings (SSSR count). The molecule has 14 heavy (non-hydrogen) atoms. The van der Waals surface area contributed by atoms with Gasteiger partial charge in [0.25, 0.3) is 0 Å². The van der Waals surface area contributed by atoms with E-state index < -0.39 is 0 Å². The van der Waals surface area contributed by atoms with Crippen LogP contribution < -0.4 is 14.8 Å². The fourth-order valence-electron chi connectivity index (χ4n) is 0.829. The van der Waals surface area contributed by atoms with Crippen LogP contribution >= 0.6 is 20.8 Å². The number of benzene rings is 1. The molecule has 0 aromatic heterocycles. The predicted molar refractivity (Wildman–Crippen MR) is 60.1 cm³/mol. The third-order valence-corrected chi connectivity index (χ3v) is 1.71. The van der Waals surface area contributed by atoms with Gasteiger partial charge in [0.15, 0.2) is 0 Å². The number of ether oxygens (including phenoxy) is 2. The maximum absolute atomic E-state index is 5.04. The Balaban J connectivity index is 0. The predicted octanol–water partition coefficient (Wildman–Crippen LogP) is 2.22. The third kappa shape index (κ3) is 5.83. The van der Waals surface area contributed by atoms with E-state index in [1.807, 2.05) is 18.2 Å². The zero-order chi connectivity index (χ0) is 10.3. The molecule has 84 valence electrons. The molecule has 0 N–H and O–H groups in total. The van der Waals surface area contributed by atoms with Gasteiger partial charge in [-0.05, 0) is 17.4 Å². The van der Waals surface area contributed by atoms with E-state index in [4.69, 9.17) is 9.47 Å². The summed E-state index contributed by atoms with van der Waals surface area (Å²) in [6.07, 6.45) is 2.72. The third-order valence-electron chi connectivity index (χ3n) is 1.37. The average Bonchev–Trinajstić information content (AvgIpc) is 2.20. The van der Waals surface area contributed by atoms with Crippen molar-refractivity contribution in [1.82, 2.24) is 0 Å². The molecule has 0 heterocycles. The summed E-state index contributed by atoms with van der Waals surface area (Å²) in [4.78, 5) is 0. The Morgan fingerprint density at radius 1 is 1.07 bits per heavy atom. The first-order valence-corrected chi connectivity index (χ1v) is 4.62. The molecule has 0 spiro atoms. The van der Waals surface area contributed by atoms with Crippen LogP contribution in [0, 0.1) is 6.38 Å². The fraction of sp³-hybridized carbons (Fsp3) is 0.222. The van der Waals surface area contributed by atoms with Crippen molar-refractivity contribution in [1.29, 1.82) is 0 Å². The zero-order valence-electron chi connectivity index (χ0n) is 8.03. The molecule has 0 saturated carbocycles. The summed E-state index contributed by atoms with van der Waals surface area (Å²) >= 11 is 4.39. The maximum Gasteiger partial charge on any atom is 0.123 e. The van der Waals surface area contributed by atoms with Gasteiger partial charge in [-0.2, -0.15) is 0 Å². The van der Waals surface area contributed by atoms with Crippen LogP contribution in [0.2, 0.25) is 0 Å². The summed E-state index contributed by atoms with van der Waals surface area (Å²) in [5, 5.41) is 1.06. The van der Waals surface area contributed by atoms with Gasteiger partial charge in [-0.25, -0.2) is 0 Å². The van der Waals surface area contributed by atoms with E-state index in [9.17, 15) is 0 Å². The van der Waals surface area contributed by atoms with Crippen molar-refractivity contribution < 1.29 is 29.9 Å². The van der Waals surface area contributed by atoms with Crippen LogP contribution in [0.4, 0.5) is 0 Å². The molecule has 1 aromatic carbocycles. The smallest absolute Gasteiger partial charge is 0.123 e. The maximum atomic E-state index is 5.04. The Morgan fingerprint density at radius 3 is 1.71 bits per heavy atom. The average molecular weight is 326 g/mol. The molecule has 0 amide bonds. The van der Waals surface area contributed by atoms with Gasteiger partial charge in [-0.3, -0.25) is 6.38 Å². The minimum absolute atomic E-state index is 0. The normalized spacial score (nSPS) is 7.79. The van der Waals surface area contributed by atoms with E-state index in [2.05, 4.69) is 27.2 Å². The molecule has 0 radical (unpaired) electrons. The monoisotopic (exact) mass is 325 g/mol. The Labute approximate surface area is 106 Å². The molecular weight excluding hydrogens is 313 g/mol. The van der Waals surface area contributed by atoms with Crippen molar-refractivity contribution in [2.75, 3.05) is 14.2 Å². The summed E-state index contributed by atoms with van der Waals surface area (Å²) in [5.41, 5.74) is 0. The van der Waals surface area contributed by atoms with Gasteiger partial charge in [0, 0.05) is 26.5 Å². The second kappa shape index (κ2) is 9.75. The Bertz CT molecular complexity index is 236. The van der Waals surface area contributed by atoms with Gasteiger partial charge in [-0.15, -0.1) is 9.24 Å². The molecule has 0 fully saturated rings. The van der Waals surface area contributed by atoms with Gasteiger partial charge in [0.05, 0.1) is 14.2 Å². The molecule has 0 aliphatic heterocycles. The molecule has 5 heteroatoms. The summed E-state index contributed by atoms with van der Waals surface area (Å²) in [5.74, 6) is 1.63. The number of halogens is 1. The first-order valence-electron chi connectivity index (χ1n) is 3.51. The SMILES string of the molecule is COc1cc(P)cc(OC)c1.[CH2-]Cl.[Pd]. The van der Waals surface area contributed by atoms with Crippen LogP contribution in [0.5, 0.6) is 11.5 Å². The van der Waals surface area contributed by atoms with E-state index in [1.54, 1.807) is 14.2 Å². The Morgan fingerprint density at radius 2 is 1.43 bits per heavy atom. The molecule has 0 aliphatic carbocycles. The quantitative estimate of drug-likeness (QED) is 0.471. The van der Waals surface area contributed by atoms with Crippen LogP contribution in [0.25, 0.3) is 0 Å². The first-order chi connectivity index (χ1) is 6.26. The first kappa shape index (κ1) is 16.6. The molecule has 1 atom stereocenters. The summed E-state index contributed by atoms with van der Waals surface area (Å²) < 4.78 is 10.1. The van der Waals surface area contributed by atoms with Crippen LogP contribution in [0.15, 0.2) is 18.2 Å². The van der Waals surface area contributed by atoms with Crippen molar-refractivity contribution in [3.05, 3.63) is 24.6 Å². The fourth-order valence-corrected chi connectivity index (χ4v) is 1.16. The van der Waals surface area contributed by atoms with E-state index in [0.717, 1.165) is 16.8 Å². The molecule has 0 aliphatic rings. The van der Waals surface area contributed by atoms with E-state index in [-0.39, 0.29) is 20.4 Å². The minimum atomic E-state index is 0. The van der Waals surface area contributed by atoms with Crippen molar-refractivity contribution in [2.45, 2.75) is 0 Å². The van der Waals surface area contributed by atoms with Crippen LogP contribution in [-0.4, -0.2) is 14.2 Å². The van der Waals surface area contributed by atoms with Gasteiger partial charge < -0.3 is 21.1 Å². The molecule has 1 unspecified atom stereocenters. The van der Waals surface area contributed by atoms with Crippen LogP contribution in [0.1, 0.15) is 0 Å². The molecule has 0 saturated heterocycles. The van der Waals surface area contributed by atoms with E-state index in [1.165, 1.54) is 0 Å². The Kier molecular flexibility index (Phi) is 11.6. The summed E-state index contributed by atoms with van der Waals surface area (Å²) in [6, 6.07) is 5.69. The topological polar surface area (TPSA) is 18.5 Å². The van der Waals surface area contributed by atoms with Gasteiger partial charge in [0.2, 0.25) is 0 Å². The van der Waals surface area contributed by atoms with Crippen molar-refractivity contribution >= 4 is 26.1 Å². The summed E-state index contributed by atoms with van der Waals surface area (Å²) in [7, 11) is 5.87. The van der Waals surface area contributed by atoms with E-state index in [0.29, 0.717) is 0 Å². The van der Waals surface area contributed by atoms with Crippen LogP contribution in [-0.2, 0) is 20.4 Å².